The Balaban J connectivity index is 1.58. The highest BCUT2D eigenvalue weighted by atomic mass is 28.3. The molecule has 0 bridgehead atoms. The molecule has 0 aliphatic carbocycles. The van der Waals surface area contributed by atoms with Crippen molar-refractivity contribution < 1.29 is 14.3 Å². The van der Waals surface area contributed by atoms with Crippen molar-refractivity contribution in [3.63, 3.8) is 0 Å². The number of rotatable bonds is 0. The fourth-order valence-corrected chi connectivity index (χ4v) is 4.02. The van der Waals surface area contributed by atoms with Crippen LogP contribution in [0.1, 0.15) is 30.4 Å². The first-order valence-electron chi connectivity index (χ1n) is 9.16. The lowest BCUT2D eigenvalue weighted by molar-refractivity contribution is -0.177. The summed E-state index contributed by atoms with van der Waals surface area (Å²) in [7, 11) is -1.39. The Morgan fingerprint density at radius 3 is 2.85 bits per heavy atom. The summed E-state index contributed by atoms with van der Waals surface area (Å²) in [4.78, 5) is 18.7. The van der Waals surface area contributed by atoms with Gasteiger partial charge in [-0.1, -0.05) is 31.6 Å². The summed E-state index contributed by atoms with van der Waals surface area (Å²) in [5, 5.41) is 0. The average molecular weight is 369 g/mol. The normalized spacial score (nSPS) is 24.8. The van der Waals surface area contributed by atoms with Gasteiger partial charge in [0.05, 0.1) is 5.69 Å². The predicted molar refractivity (Wildman–Crippen MR) is 103 cm³/mol. The number of fused-ring (bicyclic) bond motifs is 2. The molecule has 6 heteroatoms. The Hall–Kier alpha value is -2.10. The van der Waals surface area contributed by atoms with Crippen LogP contribution in [0.25, 0.3) is 0 Å². The lowest BCUT2D eigenvalue weighted by Crippen LogP contribution is -2.34. The van der Waals surface area contributed by atoms with E-state index in [-0.39, 0.29) is 12.6 Å². The van der Waals surface area contributed by atoms with Gasteiger partial charge in [-0.05, 0) is 17.7 Å². The van der Waals surface area contributed by atoms with Crippen molar-refractivity contribution in [2.45, 2.75) is 51.2 Å². The van der Waals surface area contributed by atoms with E-state index >= 15 is 0 Å². The monoisotopic (exact) mass is 368 g/mol. The van der Waals surface area contributed by atoms with E-state index in [1.807, 2.05) is 0 Å². The van der Waals surface area contributed by atoms with Gasteiger partial charge < -0.3 is 14.4 Å². The van der Waals surface area contributed by atoms with Gasteiger partial charge in [0, 0.05) is 37.9 Å². The number of carbonyl (C=O) groups excluding carboxylic acids is 1. The molecule has 1 atom stereocenters. The van der Waals surface area contributed by atoms with Gasteiger partial charge in [-0.3, -0.25) is 0 Å². The molecular formula is C20H24N2O3Si. The first kappa shape index (κ1) is 17.3. The number of hydrogen-bond acceptors (Lipinski definition) is 5. The Morgan fingerprint density at radius 2 is 2.12 bits per heavy atom. The molecule has 0 radical (unpaired) electrons. The van der Waals surface area contributed by atoms with Crippen LogP contribution >= 0.6 is 0 Å². The maximum absolute atomic E-state index is 11.5. The number of aliphatic imine (C=N–C) groups is 1. The first-order valence-corrected chi connectivity index (χ1v) is 12.7. The fraction of sp³-hybridized carbons (Fsp3) is 0.500. The zero-order valence-corrected chi connectivity index (χ0v) is 16.6. The van der Waals surface area contributed by atoms with Crippen molar-refractivity contribution in [2.75, 3.05) is 13.2 Å². The smallest absolute Gasteiger partial charge is 0.334 e. The number of carbonyl (C=O) groups is 1. The van der Waals surface area contributed by atoms with Crippen LogP contribution in [0.4, 0.5) is 5.69 Å². The second-order valence-electron chi connectivity index (χ2n) is 8.22. The quantitative estimate of drug-likeness (QED) is 0.401. The third-order valence-electron chi connectivity index (χ3n) is 4.89. The van der Waals surface area contributed by atoms with Crippen LogP contribution in [0.15, 0.2) is 23.2 Å². The Morgan fingerprint density at radius 1 is 1.27 bits per heavy atom. The minimum absolute atomic E-state index is 0.0613. The molecule has 1 aromatic rings. The molecule has 0 saturated carbocycles. The lowest BCUT2D eigenvalue weighted by Gasteiger charge is -2.29. The summed E-state index contributed by atoms with van der Waals surface area (Å²) < 4.78 is 11.2. The van der Waals surface area contributed by atoms with Crippen LogP contribution < -0.4 is 0 Å². The standard InChI is InChI=1S/C20H24N2O3Si/c1-26(2,3)11-7-15-4-5-16-13-22-10-9-20(24-14-19(23)25-20)8-6-18(22)21-17(16)12-15/h4-5,12H,6,8-10,13-14H2,1-3H3. The molecule has 3 heterocycles. The Bertz CT molecular complexity index is 847. The molecular weight excluding hydrogens is 344 g/mol. The number of esters is 1. The van der Waals surface area contributed by atoms with E-state index in [1.165, 1.54) is 5.56 Å². The average Bonchev–Trinajstić information content (AvgIpc) is 2.87. The molecule has 136 valence electrons. The molecule has 0 N–H and O–H groups in total. The van der Waals surface area contributed by atoms with Crippen molar-refractivity contribution in [2.24, 2.45) is 4.99 Å². The van der Waals surface area contributed by atoms with Crippen molar-refractivity contribution in [3.05, 3.63) is 29.3 Å². The Kier molecular flexibility index (Phi) is 4.17. The van der Waals surface area contributed by atoms with E-state index in [0.29, 0.717) is 12.8 Å². The van der Waals surface area contributed by atoms with Crippen LogP contribution in [0.5, 0.6) is 0 Å². The molecule has 0 aromatic heterocycles. The van der Waals surface area contributed by atoms with Gasteiger partial charge in [-0.25, -0.2) is 9.79 Å². The second-order valence-corrected chi connectivity index (χ2v) is 13.0. The van der Waals surface area contributed by atoms with Gasteiger partial charge in [0.25, 0.3) is 0 Å². The van der Waals surface area contributed by atoms with Crippen LogP contribution in [0.3, 0.4) is 0 Å². The topological polar surface area (TPSA) is 51.1 Å². The zero-order chi connectivity index (χ0) is 18.4. The maximum Gasteiger partial charge on any atom is 0.334 e. The van der Waals surface area contributed by atoms with Crippen LogP contribution in [0, 0.1) is 11.5 Å². The van der Waals surface area contributed by atoms with Crippen molar-refractivity contribution in [1.29, 1.82) is 0 Å². The number of ether oxygens (including phenoxy) is 2. The van der Waals surface area contributed by atoms with E-state index in [4.69, 9.17) is 14.5 Å². The molecule has 26 heavy (non-hydrogen) atoms. The highest BCUT2D eigenvalue weighted by Gasteiger charge is 2.44. The van der Waals surface area contributed by atoms with Crippen molar-refractivity contribution >= 4 is 25.6 Å². The highest BCUT2D eigenvalue weighted by molar-refractivity contribution is 6.83. The number of benzene rings is 1. The molecule has 3 aliphatic heterocycles. The summed E-state index contributed by atoms with van der Waals surface area (Å²) in [6.45, 7) is 8.41. The van der Waals surface area contributed by atoms with E-state index in [2.05, 4.69) is 54.2 Å². The van der Waals surface area contributed by atoms with Crippen molar-refractivity contribution in [1.82, 2.24) is 4.90 Å². The maximum atomic E-state index is 11.5. The largest absolute Gasteiger partial charge is 0.431 e. The minimum atomic E-state index is -1.39. The number of nitrogens with zero attached hydrogens (tertiary/aromatic N) is 2. The molecule has 1 spiro atoms. The molecule has 2 fully saturated rings. The fourth-order valence-electron chi connectivity index (χ4n) is 3.50. The summed E-state index contributed by atoms with van der Waals surface area (Å²) in [6, 6.07) is 6.32. The van der Waals surface area contributed by atoms with Gasteiger partial charge in [-0.15, -0.1) is 5.54 Å². The third kappa shape index (κ3) is 3.55. The summed E-state index contributed by atoms with van der Waals surface area (Å²) in [5.74, 6) is 3.35. The molecule has 1 unspecified atom stereocenters. The Labute approximate surface area is 155 Å². The number of amidine groups is 1. The third-order valence-corrected chi connectivity index (χ3v) is 5.76. The van der Waals surface area contributed by atoms with E-state index in [1.54, 1.807) is 0 Å². The molecule has 2 saturated heterocycles. The van der Waals surface area contributed by atoms with Crippen LogP contribution in [-0.2, 0) is 20.8 Å². The summed E-state index contributed by atoms with van der Waals surface area (Å²) in [5.41, 5.74) is 6.67. The lowest BCUT2D eigenvalue weighted by atomic mass is 10.1. The predicted octanol–water partition coefficient (Wildman–Crippen LogP) is 3.21. The minimum Gasteiger partial charge on any atom is -0.431 e. The second kappa shape index (κ2) is 6.25. The molecule has 1 aromatic carbocycles. The van der Waals surface area contributed by atoms with E-state index in [0.717, 1.165) is 36.6 Å². The summed E-state index contributed by atoms with van der Waals surface area (Å²) >= 11 is 0. The first-order chi connectivity index (χ1) is 12.3. The zero-order valence-electron chi connectivity index (χ0n) is 15.6. The van der Waals surface area contributed by atoms with Crippen LogP contribution in [-0.4, -0.2) is 43.7 Å². The summed E-state index contributed by atoms with van der Waals surface area (Å²) in [6.07, 6.45) is 2.10. The SMILES string of the molecule is C[Si](C)(C)C#Cc1ccc2c(c1)N=C1CCC3(CCN1C2)OCC(=O)O3. The van der Waals surface area contributed by atoms with Crippen molar-refractivity contribution in [3.8, 4) is 11.5 Å². The molecule has 3 aliphatic rings. The van der Waals surface area contributed by atoms with Gasteiger partial charge in [-0.2, -0.15) is 0 Å². The van der Waals surface area contributed by atoms with Gasteiger partial charge in [0.2, 0.25) is 5.79 Å². The van der Waals surface area contributed by atoms with E-state index in [9.17, 15) is 4.79 Å². The van der Waals surface area contributed by atoms with Gasteiger partial charge in [0.1, 0.15) is 20.5 Å². The molecule has 4 rings (SSSR count). The highest BCUT2D eigenvalue weighted by Crippen LogP contribution is 2.36. The van der Waals surface area contributed by atoms with Gasteiger partial charge in [0.15, 0.2) is 0 Å². The van der Waals surface area contributed by atoms with E-state index < -0.39 is 13.9 Å². The van der Waals surface area contributed by atoms with Crippen LogP contribution in [0.2, 0.25) is 19.6 Å². The molecule has 5 nitrogen and oxygen atoms in total. The van der Waals surface area contributed by atoms with Gasteiger partial charge >= 0.3 is 5.97 Å². The number of hydrogen-bond donors (Lipinski definition) is 0. The molecule has 0 amide bonds.